The van der Waals surface area contributed by atoms with Gasteiger partial charge in [0.1, 0.15) is 23.1 Å². The van der Waals surface area contributed by atoms with Crippen LogP contribution in [0.5, 0.6) is 0 Å². The number of aliphatic imine (C=N–C) groups is 1. The Labute approximate surface area is 159 Å². The van der Waals surface area contributed by atoms with Crippen molar-refractivity contribution in [2.45, 2.75) is 19.4 Å². The van der Waals surface area contributed by atoms with Gasteiger partial charge in [-0.05, 0) is 43.0 Å². The number of allylic oxidation sites excluding steroid dienone is 1. The van der Waals surface area contributed by atoms with Crippen LogP contribution in [0.15, 0.2) is 46.6 Å². The number of halogens is 1. The van der Waals surface area contributed by atoms with Gasteiger partial charge in [0.05, 0.1) is 12.4 Å². The highest BCUT2D eigenvalue weighted by Gasteiger charge is 2.30. The second-order valence-electron chi connectivity index (χ2n) is 6.00. The summed E-state index contributed by atoms with van der Waals surface area (Å²) in [6, 6.07) is 6.05. The number of amidine groups is 1. The molecule has 1 amide bonds. The van der Waals surface area contributed by atoms with E-state index in [0.29, 0.717) is 10.9 Å². The number of carbonyl (C=O) groups is 1. The van der Waals surface area contributed by atoms with Gasteiger partial charge < -0.3 is 11.1 Å². The molecule has 1 aromatic heterocycles. The van der Waals surface area contributed by atoms with Crippen molar-refractivity contribution in [3.63, 3.8) is 0 Å². The van der Waals surface area contributed by atoms with Crippen molar-refractivity contribution >= 4 is 28.5 Å². The molecule has 0 spiro atoms. The molecule has 1 aliphatic heterocycles. The number of nitrogens with two attached hydrogens (primary N) is 1. The maximum Gasteiger partial charge on any atom is 0.275 e. The number of hydrogen-bond acceptors (Lipinski definition) is 7. The molecule has 136 valence electrons. The number of thioether (sulfide) groups is 1. The number of hydrogen-bond donors (Lipinski definition) is 2. The van der Waals surface area contributed by atoms with Crippen molar-refractivity contribution in [1.29, 1.82) is 5.26 Å². The molecule has 27 heavy (non-hydrogen) atoms. The molecule has 0 saturated heterocycles. The predicted molar refractivity (Wildman–Crippen MR) is 101 cm³/mol. The van der Waals surface area contributed by atoms with Crippen LogP contribution in [0.3, 0.4) is 0 Å². The molecule has 3 rings (SSSR count). The largest absolute Gasteiger partial charge is 0.378 e. The van der Waals surface area contributed by atoms with Crippen LogP contribution in [0, 0.1) is 17.1 Å². The Kier molecular flexibility index (Phi) is 4.92. The number of benzene rings is 1. The summed E-state index contributed by atoms with van der Waals surface area (Å²) in [6.07, 6.45) is 4.23. The summed E-state index contributed by atoms with van der Waals surface area (Å²) in [5, 5.41) is 11.7. The molecule has 9 heteroatoms. The molecular weight excluding hydrogens is 367 g/mol. The highest BCUT2D eigenvalue weighted by atomic mass is 32.2. The average molecular weight is 382 g/mol. The quantitative estimate of drug-likeness (QED) is 0.843. The van der Waals surface area contributed by atoms with E-state index in [9.17, 15) is 9.18 Å². The zero-order valence-electron chi connectivity index (χ0n) is 14.5. The summed E-state index contributed by atoms with van der Waals surface area (Å²) in [5.74, 6) is -0.982. The Morgan fingerprint density at radius 3 is 2.78 bits per heavy atom. The highest BCUT2D eigenvalue weighted by Crippen LogP contribution is 2.38. The molecule has 0 saturated carbocycles. The second-order valence-corrected chi connectivity index (χ2v) is 7.27. The maximum atomic E-state index is 14.5. The molecule has 1 aromatic carbocycles. The first-order chi connectivity index (χ1) is 12.8. The minimum absolute atomic E-state index is 0.0400. The number of amides is 1. The molecule has 2 aromatic rings. The van der Waals surface area contributed by atoms with Crippen LogP contribution in [-0.4, -0.2) is 21.0 Å². The average Bonchev–Trinajstić information content (AvgIpc) is 2.62. The van der Waals surface area contributed by atoms with Crippen molar-refractivity contribution in [2.24, 2.45) is 10.7 Å². The molecule has 2 heterocycles. The van der Waals surface area contributed by atoms with Crippen LogP contribution in [0.2, 0.25) is 0 Å². The highest BCUT2D eigenvalue weighted by molar-refractivity contribution is 8.17. The molecule has 0 bridgehead atoms. The molecule has 1 aliphatic rings. The molecule has 0 unspecified atom stereocenters. The summed E-state index contributed by atoms with van der Waals surface area (Å²) >= 11 is 1.32. The molecule has 0 aliphatic carbocycles. The van der Waals surface area contributed by atoms with Gasteiger partial charge in [0.15, 0.2) is 10.9 Å². The van der Waals surface area contributed by atoms with E-state index >= 15 is 0 Å². The molecule has 3 N–H and O–H groups in total. The minimum Gasteiger partial charge on any atom is -0.378 e. The monoisotopic (exact) mass is 382 g/mol. The Balaban J connectivity index is 1.90. The SMILES string of the molecule is CC1=C[C@@](C)(c2cc(NC(=O)c3cnc(C#N)cn3)ccc2F)N=C(N)S1. The standard InChI is InChI=1S/C18H15FN6OS/c1-10-6-18(2,25-17(21)27-10)13-5-11(3-4-14(13)19)24-16(26)15-9-22-12(7-20)8-23-15/h3-6,8-9H,1-2H3,(H2,21,25)(H,24,26)/t18-/m0/s1. The van der Waals surface area contributed by atoms with Crippen LogP contribution >= 0.6 is 11.8 Å². The number of rotatable bonds is 3. The Morgan fingerprint density at radius 2 is 2.15 bits per heavy atom. The summed E-state index contributed by atoms with van der Waals surface area (Å²) < 4.78 is 14.5. The fourth-order valence-electron chi connectivity index (χ4n) is 2.70. The van der Waals surface area contributed by atoms with Gasteiger partial charge in [0, 0.05) is 11.3 Å². The molecule has 1 atom stereocenters. The van der Waals surface area contributed by atoms with Crippen molar-refractivity contribution in [3.8, 4) is 6.07 Å². The number of nitriles is 1. The molecule has 7 nitrogen and oxygen atoms in total. The maximum absolute atomic E-state index is 14.5. The van der Waals surface area contributed by atoms with Gasteiger partial charge >= 0.3 is 0 Å². The normalized spacial score (nSPS) is 18.9. The zero-order chi connectivity index (χ0) is 19.6. The third kappa shape index (κ3) is 3.96. The van der Waals surface area contributed by atoms with Gasteiger partial charge in [-0.25, -0.2) is 19.4 Å². The lowest BCUT2D eigenvalue weighted by atomic mass is 9.91. The number of nitrogens with one attached hydrogen (secondary N) is 1. The van der Waals surface area contributed by atoms with E-state index in [0.717, 1.165) is 4.91 Å². The second kappa shape index (κ2) is 7.17. The summed E-state index contributed by atoms with van der Waals surface area (Å²) in [6.45, 7) is 3.62. The van der Waals surface area contributed by atoms with Gasteiger partial charge in [0.2, 0.25) is 0 Å². The van der Waals surface area contributed by atoms with E-state index in [1.165, 1.54) is 42.4 Å². The van der Waals surface area contributed by atoms with Crippen LogP contribution < -0.4 is 11.1 Å². The molecule has 0 radical (unpaired) electrons. The Bertz CT molecular complexity index is 992. The van der Waals surface area contributed by atoms with Crippen molar-refractivity contribution in [2.75, 3.05) is 5.32 Å². The van der Waals surface area contributed by atoms with Crippen molar-refractivity contribution in [1.82, 2.24) is 9.97 Å². The number of nitrogens with zero attached hydrogens (tertiary/aromatic N) is 4. The third-order valence-electron chi connectivity index (χ3n) is 3.86. The lowest BCUT2D eigenvalue weighted by Gasteiger charge is -2.27. The zero-order valence-corrected chi connectivity index (χ0v) is 15.3. The molecular formula is C18H15FN6OS. The first-order valence-corrected chi connectivity index (χ1v) is 8.68. The summed E-state index contributed by atoms with van der Waals surface area (Å²) in [7, 11) is 0. The molecule has 0 fully saturated rings. The van der Waals surface area contributed by atoms with E-state index in [1.54, 1.807) is 6.92 Å². The van der Waals surface area contributed by atoms with Crippen LogP contribution in [-0.2, 0) is 5.54 Å². The summed E-state index contributed by atoms with van der Waals surface area (Å²) in [5.41, 5.74) is 5.69. The lowest BCUT2D eigenvalue weighted by Crippen LogP contribution is -2.26. The number of aromatic nitrogens is 2. The van der Waals surface area contributed by atoms with Gasteiger partial charge in [-0.3, -0.25) is 4.79 Å². The van der Waals surface area contributed by atoms with E-state index < -0.39 is 17.3 Å². The first-order valence-electron chi connectivity index (χ1n) is 7.87. The van der Waals surface area contributed by atoms with E-state index in [4.69, 9.17) is 11.0 Å². The van der Waals surface area contributed by atoms with Crippen LogP contribution in [0.25, 0.3) is 0 Å². The minimum atomic E-state index is -0.974. The summed E-state index contributed by atoms with van der Waals surface area (Å²) in [4.78, 5) is 25.3. The van der Waals surface area contributed by atoms with E-state index in [2.05, 4.69) is 20.3 Å². The Hall–Kier alpha value is -3.25. The van der Waals surface area contributed by atoms with Gasteiger partial charge in [-0.2, -0.15) is 5.26 Å². The predicted octanol–water partition coefficient (Wildman–Crippen LogP) is 2.92. The smallest absolute Gasteiger partial charge is 0.275 e. The van der Waals surface area contributed by atoms with Crippen LogP contribution in [0.1, 0.15) is 35.6 Å². The number of carbonyl (C=O) groups excluding carboxylic acids is 1. The Morgan fingerprint density at radius 1 is 1.37 bits per heavy atom. The first kappa shape index (κ1) is 18.5. The fourth-order valence-corrected chi connectivity index (χ4v) is 3.55. The van der Waals surface area contributed by atoms with Crippen LogP contribution in [0.4, 0.5) is 10.1 Å². The third-order valence-corrected chi connectivity index (χ3v) is 4.60. The fraction of sp³-hybridized carbons (Fsp3) is 0.167. The van der Waals surface area contributed by atoms with Gasteiger partial charge in [-0.1, -0.05) is 11.8 Å². The van der Waals surface area contributed by atoms with Crippen molar-refractivity contribution < 1.29 is 9.18 Å². The topological polar surface area (TPSA) is 117 Å². The van der Waals surface area contributed by atoms with Crippen molar-refractivity contribution in [3.05, 3.63) is 64.3 Å². The van der Waals surface area contributed by atoms with Gasteiger partial charge in [-0.15, -0.1) is 0 Å². The van der Waals surface area contributed by atoms with Gasteiger partial charge in [0.25, 0.3) is 5.91 Å². The van der Waals surface area contributed by atoms with E-state index in [1.807, 2.05) is 19.1 Å². The van der Waals surface area contributed by atoms with E-state index in [-0.39, 0.29) is 17.0 Å². The number of anilines is 1. The lowest BCUT2D eigenvalue weighted by molar-refractivity contribution is 0.102.